The van der Waals surface area contributed by atoms with Crippen LogP contribution in [0.2, 0.25) is 0 Å². The Morgan fingerprint density at radius 3 is 2.90 bits per heavy atom. The van der Waals surface area contributed by atoms with E-state index >= 15 is 0 Å². The number of nitrogens with one attached hydrogen (secondary N) is 2. The molecular formula is C14H23N5O2. The van der Waals surface area contributed by atoms with Gasteiger partial charge in [-0.05, 0) is 20.8 Å². The van der Waals surface area contributed by atoms with E-state index in [0.717, 1.165) is 11.6 Å². The largest absolute Gasteiger partial charge is 0.377 e. The van der Waals surface area contributed by atoms with E-state index in [0.29, 0.717) is 25.6 Å². The molecule has 1 amide bonds. The zero-order valence-corrected chi connectivity index (χ0v) is 13.0. The van der Waals surface area contributed by atoms with Gasteiger partial charge in [0.25, 0.3) is 0 Å². The minimum atomic E-state index is -0.361. The van der Waals surface area contributed by atoms with Gasteiger partial charge in [-0.3, -0.25) is 4.79 Å². The van der Waals surface area contributed by atoms with Crippen LogP contribution in [0.4, 0.5) is 11.6 Å². The van der Waals surface area contributed by atoms with Crippen LogP contribution >= 0.6 is 0 Å². The fourth-order valence-corrected chi connectivity index (χ4v) is 2.30. The van der Waals surface area contributed by atoms with E-state index in [2.05, 4.69) is 20.6 Å². The zero-order valence-electron chi connectivity index (χ0n) is 13.0. The quantitative estimate of drug-likeness (QED) is 0.844. The van der Waals surface area contributed by atoms with Crippen molar-refractivity contribution in [3.63, 3.8) is 0 Å². The van der Waals surface area contributed by atoms with Gasteiger partial charge in [0.1, 0.15) is 23.5 Å². The minimum absolute atomic E-state index is 0.0352. The lowest BCUT2D eigenvalue weighted by atomic mass is 10.2. The second kappa shape index (κ2) is 6.71. The highest BCUT2D eigenvalue weighted by Crippen LogP contribution is 2.20. The second-order valence-electron chi connectivity index (χ2n) is 5.36. The predicted molar refractivity (Wildman–Crippen MR) is 81.5 cm³/mol. The maximum atomic E-state index is 12.3. The molecule has 1 aromatic heterocycles. The molecule has 2 rings (SSSR count). The average Bonchev–Trinajstić information content (AvgIpc) is 2.45. The summed E-state index contributed by atoms with van der Waals surface area (Å²) >= 11 is 0. The molecule has 1 fully saturated rings. The number of nitrogens with zero attached hydrogens (tertiary/aromatic N) is 3. The molecule has 21 heavy (non-hydrogen) atoms. The maximum absolute atomic E-state index is 12.3. The second-order valence-corrected chi connectivity index (χ2v) is 5.36. The minimum Gasteiger partial charge on any atom is -0.377 e. The van der Waals surface area contributed by atoms with E-state index < -0.39 is 0 Å². The van der Waals surface area contributed by atoms with Crippen molar-refractivity contribution in [2.45, 2.75) is 32.9 Å². The Kier molecular flexibility index (Phi) is 4.95. The Hall–Kier alpha value is -1.89. The first-order valence-electron chi connectivity index (χ1n) is 7.19. The third kappa shape index (κ3) is 3.81. The van der Waals surface area contributed by atoms with E-state index in [4.69, 9.17) is 4.74 Å². The van der Waals surface area contributed by atoms with Gasteiger partial charge in [0.05, 0.1) is 13.2 Å². The average molecular weight is 293 g/mol. The molecule has 0 radical (unpaired) electrons. The SMILES string of the molecule is CNc1cc(N2CCOCC2C(=O)NC(C)C)nc(C)n1. The molecule has 1 aliphatic heterocycles. The number of anilines is 2. The topological polar surface area (TPSA) is 79.4 Å². The van der Waals surface area contributed by atoms with Crippen LogP contribution in [-0.2, 0) is 9.53 Å². The number of aryl methyl sites for hydroxylation is 1. The maximum Gasteiger partial charge on any atom is 0.245 e. The first kappa shape index (κ1) is 15.5. The lowest BCUT2D eigenvalue weighted by molar-refractivity contribution is -0.125. The van der Waals surface area contributed by atoms with Crippen LogP contribution in [0.15, 0.2) is 6.07 Å². The Labute approximate surface area is 125 Å². The van der Waals surface area contributed by atoms with Crippen LogP contribution in [0.1, 0.15) is 19.7 Å². The molecule has 0 aliphatic carbocycles. The summed E-state index contributed by atoms with van der Waals surface area (Å²) < 4.78 is 5.46. The highest BCUT2D eigenvalue weighted by molar-refractivity contribution is 5.85. The molecule has 1 aliphatic rings. The number of hydrogen-bond acceptors (Lipinski definition) is 6. The zero-order chi connectivity index (χ0) is 15.4. The molecule has 1 aromatic rings. The van der Waals surface area contributed by atoms with Crippen molar-refractivity contribution < 1.29 is 9.53 Å². The lowest BCUT2D eigenvalue weighted by Crippen LogP contribution is -2.55. The normalized spacial score (nSPS) is 18.7. The molecule has 7 nitrogen and oxygen atoms in total. The summed E-state index contributed by atoms with van der Waals surface area (Å²) in [6, 6.07) is 1.59. The molecule has 1 atom stereocenters. The van der Waals surface area contributed by atoms with Crippen molar-refractivity contribution in [2.75, 3.05) is 37.0 Å². The molecule has 0 bridgehead atoms. The van der Waals surface area contributed by atoms with Crippen molar-refractivity contribution in [3.8, 4) is 0 Å². The van der Waals surface area contributed by atoms with Gasteiger partial charge in [0, 0.05) is 25.7 Å². The molecule has 0 spiro atoms. The summed E-state index contributed by atoms with van der Waals surface area (Å²) in [5.74, 6) is 2.13. The van der Waals surface area contributed by atoms with E-state index in [9.17, 15) is 4.79 Å². The molecule has 2 heterocycles. The number of hydrogen-bond donors (Lipinski definition) is 2. The number of carbonyl (C=O) groups excluding carboxylic acids is 1. The molecule has 7 heteroatoms. The van der Waals surface area contributed by atoms with Gasteiger partial charge in [-0.2, -0.15) is 0 Å². The molecule has 2 N–H and O–H groups in total. The highest BCUT2D eigenvalue weighted by atomic mass is 16.5. The third-order valence-electron chi connectivity index (χ3n) is 3.24. The van der Waals surface area contributed by atoms with E-state index in [1.807, 2.05) is 38.8 Å². The van der Waals surface area contributed by atoms with E-state index in [-0.39, 0.29) is 18.0 Å². The first-order valence-corrected chi connectivity index (χ1v) is 7.19. The molecule has 1 unspecified atom stereocenters. The Morgan fingerprint density at radius 2 is 2.24 bits per heavy atom. The van der Waals surface area contributed by atoms with Crippen molar-refractivity contribution in [3.05, 3.63) is 11.9 Å². The van der Waals surface area contributed by atoms with Crippen LogP contribution in [0.3, 0.4) is 0 Å². The summed E-state index contributed by atoms with van der Waals surface area (Å²) in [5, 5.41) is 5.95. The number of ether oxygens (including phenoxy) is 1. The summed E-state index contributed by atoms with van der Waals surface area (Å²) in [4.78, 5) is 23.1. The van der Waals surface area contributed by atoms with Crippen LogP contribution in [0.5, 0.6) is 0 Å². The van der Waals surface area contributed by atoms with Crippen LogP contribution < -0.4 is 15.5 Å². The van der Waals surface area contributed by atoms with Crippen molar-refractivity contribution in [1.29, 1.82) is 0 Å². The van der Waals surface area contributed by atoms with Crippen molar-refractivity contribution in [2.24, 2.45) is 0 Å². The third-order valence-corrected chi connectivity index (χ3v) is 3.24. The Bertz CT molecular complexity index is 506. The monoisotopic (exact) mass is 293 g/mol. The van der Waals surface area contributed by atoms with Crippen molar-refractivity contribution in [1.82, 2.24) is 15.3 Å². The Balaban J connectivity index is 2.26. The van der Waals surface area contributed by atoms with Gasteiger partial charge < -0.3 is 20.3 Å². The standard InChI is InChI=1S/C14H23N5O2/c1-9(2)16-14(20)11-8-21-6-5-19(11)13-7-12(15-4)17-10(3)18-13/h7,9,11H,5-6,8H2,1-4H3,(H,16,20)(H,15,17,18). The van der Waals surface area contributed by atoms with Crippen LogP contribution in [0.25, 0.3) is 0 Å². The molecule has 0 aromatic carbocycles. The number of rotatable bonds is 4. The predicted octanol–water partition coefficient (Wildman–Crippen LogP) is 0.557. The lowest BCUT2D eigenvalue weighted by Gasteiger charge is -2.36. The number of morpholine rings is 1. The molecule has 116 valence electrons. The van der Waals surface area contributed by atoms with Gasteiger partial charge in [0.2, 0.25) is 5.91 Å². The van der Waals surface area contributed by atoms with Crippen LogP contribution in [-0.4, -0.2) is 54.8 Å². The molecule has 1 saturated heterocycles. The van der Waals surface area contributed by atoms with Crippen LogP contribution in [0, 0.1) is 6.92 Å². The molecule has 0 saturated carbocycles. The van der Waals surface area contributed by atoms with E-state index in [1.165, 1.54) is 0 Å². The fraction of sp³-hybridized carbons (Fsp3) is 0.643. The van der Waals surface area contributed by atoms with Gasteiger partial charge >= 0.3 is 0 Å². The number of aromatic nitrogens is 2. The van der Waals surface area contributed by atoms with Gasteiger partial charge in [-0.15, -0.1) is 0 Å². The fourth-order valence-electron chi connectivity index (χ4n) is 2.30. The molecular weight excluding hydrogens is 270 g/mol. The summed E-state index contributed by atoms with van der Waals surface area (Å²) in [7, 11) is 1.81. The first-order chi connectivity index (χ1) is 10.0. The van der Waals surface area contributed by atoms with Gasteiger partial charge in [-0.1, -0.05) is 0 Å². The van der Waals surface area contributed by atoms with E-state index in [1.54, 1.807) is 0 Å². The van der Waals surface area contributed by atoms with Gasteiger partial charge in [0.15, 0.2) is 0 Å². The summed E-state index contributed by atoms with van der Waals surface area (Å²) in [5.41, 5.74) is 0. The number of amides is 1. The summed E-state index contributed by atoms with van der Waals surface area (Å²) in [6.07, 6.45) is 0. The summed E-state index contributed by atoms with van der Waals surface area (Å²) in [6.45, 7) is 7.32. The number of carbonyl (C=O) groups is 1. The highest BCUT2D eigenvalue weighted by Gasteiger charge is 2.31. The smallest absolute Gasteiger partial charge is 0.245 e. The van der Waals surface area contributed by atoms with Gasteiger partial charge in [-0.25, -0.2) is 9.97 Å². The van der Waals surface area contributed by atoms with Crippen molar-refractivity contribution >= 4 is 17.5 Å². The Morgan fingerprint density at radius 1 is 1.48 bits per heavy atom.